The van der Waals surface area contributed by atoms with Gasteiger partial charge in [-0.25, -0.2) is 0 Å². The van der Waals surface area contributed by atoms with E-state index in [1.807, 2.05) is 11.3 Å². The summed E-state index contributed by atoms with van der Waals surface area (Å²) in [5.74, 6) is -0.0358. The van der Waals surface area contributed by atoms with Gasteiger partial charge in [0.2, 0.25) is 0 Å². The fourth-order valence-electron chi connectivity index (χ4n) is 2.25. The van der Waals surface area contributed by atoms with Crippen molar-refractivity contribution < 1.29 is 9.53 Å². The van der Waals surface area contributed by atoms with Crippen LogP contribution in [0.3, 0.4) is 0 Å². The minimum atomic E-state index is -0.0358. The highest BCUT2D eigenvalue weighted by Gasteiger charge is 2.22. The minimum Gasteiger partial charge on any atom is -0.462 e. The second-order valence-corrected chi connectivity index (χ2v) is 5.61. The Morgan fingerprint density at radius 2 is 2.24 bits per heavy atom. The molecule has 1 aromatic heterocycles. The predicted molar refractivity (Wildman–Crippen MR) is 69.3 cm³/mol. The van der Waals surface area contributed by atoms with Crippen LogP contribution in [0.2, 0.25) is 0 Å². The van der Waals surface area contributed by atoms with Crippen LogP contribution >= 0.6 is 11.3 Å². The average molecular weight is 246 g/mol. The molecule has 0 bridgehead atoms. The summed E-state index contributed by atoms with van der Waals surface area (Å²) in [5.41, 5.74) is 0. The summed E-state index contributed by atoms with van der Waals surface area (Å²) >= 11 is 1.84. The molecule has 88 valence electrons. The van der Waals surface area contributed by atoms with E-state index >= 15 is 0 Å². The van der Waals surface area contributed by atoms with E-state index in [9.17, 15) is 4.79 Å². The molecule has 1 saturated heterocycles. The normalized spacial score (nSPS) is 19.8. The lowest BCUT2D eigenvalue weighted by atomic mass is 10.1. The minimum absolute atomic E-state index is 0.0358. The Hall–Kier alpha value is -1.35. The molecule has 1 fully saturated rings. The van der Waals surface area contributed by atoms with Crippen molar-refractivity contribution in [3.05, 3.63) is 35.2 Å². The van der Waals surface area contributed by atoms with E-state index < -0.39 is 0 Å². The van der Waals surface area contributed by atoms with Gasteiger partial charge in [-0.15, -0.1) is 11.3 Å². The number of hydrogen-bond donors (Lipinski definition) is 0. The first-order valence-corrected chi connectivity index (χ1v) is 6.80. The number of carbonyl (C=O) groups is 1. The highest BCUT2D eigenvalue weighted by molar-refractivity contribution is 7.19. The van der Waals surface area contributed by atoms with Gasteiger partial charge >= 0.3 is 5.97 Å². The van der Waals surface area contributed by atoms with E-state index in [0.29, 0.717) is 6.42 Å². The van der Waals surface area contributed by atoms with Crippen LogP contribution in [0.1, 0.15) is 24.1 Å². The van der Waals surface area contributed by atoms with Gasteiger partial charge in [-0.2, -0.15) is 0 Å². The van der Waals surface area contributed by atoms with E-state index in [1.54, 1.807) is 0 Å². The molecule has 0 spiro atoms. The second kappa shape index (κ2) is 4.49. The summed E-state index contributed by atoms with van der Waals surface area (Å²) < 4.78 is 6.56. The summed E-state index contributed by atoms with van der Waals surface area (Å²) in [6.45, 7) is 0. The molecule has 0 amide bonds. The highest BCUT2D eigenvalue weighted by Crippen LogP contribution is 2.27. The number of carbonyl (C=O) groups excluding carboxylic acids is 1. The fraction of sp³-hybridized carbons (Fsp3) is 0.357. The van der Waals surface area contributed by atoms with Crippen molar-refractivity contribution >= 4 is 27.4 Å². The molecule has 3 heteroatoms. The number of hydrogen-bond acceptors (Lipinski definition) is 3. The zero-order chi connectivity index (χ0) is 11.7. The van der Waals surface area contributed by atoms with Crippen LogP contribution < -0.4 is 0 Å². The quantitative estimate of drug-likeness (QED) is 0.774. The van der Waals surface area contributed by atoms with Gasteiger partial charge < -0.3 is 4.74 Å². The van der Waals surface area contributed by atoms with Crippen molar-refractivity contribution in [2.75, 3.05) is 0 Å². The van der Waals surface area contributed by atoms with Crippen LogP contribution in [0.25, 0.3) is 10.1 Å². The van der Waals surface area contributed by atoms with Crippen LogP contribution in [0.4, 0.5) is 0 Å². The first-order chi connectivity index (χ1) is 8.31. The molecule has 0 saturated carbocycles. The summed E-state index contributed by atoms with van der Waals surface area (Å²) in [7, 11) is 0. The largest absolute Gasteiger partial charge is 0.462 e. The van der Waals surface area contributed by atoms with Crippen LogP contribution in [0.15, 0.2) is 30.3 Å². The lowest BCUT2D eigenvalue weighted by Gasteiger charge is -2.06. The maximum absolute atomic E-state index is 11.0. The Bertz CT molecular complexity index is 511. The van der Waals surface area contributed by atoms with Crippen molar-refractivity contribution in [3.63, 3.8) is 0 Å². The Labute approximate surface area is 104 Å². The average Bonchev–Trinajstić information content (AvgIpc) is 2.91. The van der Waals surface area contributed by atoms with Gasteiger partial charge in [0.25, 0.3) is 0 Å². The third-order valence-electron chi connectivity index (χ3n) is 3.16. The van der Waals surface area contributed by atoms with Crippen LogP contribution in [-0.2, 0) is 16.0 Å². The van der Waals surface area contributed by atoms with Crippen molar-refractivity contribution in [2.24, 2.45) is 0 Å². The molecule has 2 heterocycles. The van der Waals surface area contributed by atoms with Crippen molar-refractivity contribution in [1.29, 1.82) is 0 Å². The van der Waals surface area contributed by atoms with Crippen molar-refractivity contribution in [3.8, 4) is 0 Å². The molecule has 0 radical (unpaired) electrons. The topological polar surface area (TPSA) is 26.3 Å². The van der Waals surface area contributed by atoms with Gasteiger partial charge in [0.05, 0.1) is 0 Å². The summed E-state index contributed by atoms with van der Waals surface area (Å²) in [5, 5.41) is 1.32. The Morgan fingerprint density at radius 1 is 1.35 bits per heavy atom. The highest BCUT2D eigenvalue weighted by atomic mass is 32.1. The third kappa shape index (κ3) is 2.34. The van der Waals surface area contributed by atoms with E-state index in [1.165, 1.54) is 15.0 Å². The standard InChI is InChI=1S/C14H14O2S/c15-14-8-6-11(16-14)5-7-12-9-10-3-1-2-4-13(10)17-12/h1-4,9,11H,5-8H2/t11-/m0/s1. The fourth-order valence-corrected chi connectivity index (χ4v) is 3.33. The first kappa shape index (κ1) is 10.8. The zero-order valence-electron chi connectivity index (χ0n) is 9.52. The Kier molecular flexibility index (Phi) is 2.85. The molecule has 0 unspecified atom stereocenters. The Morgan fingerprint density at radius 3 is 3.00 bits per heavy atom. The zero-order valence-corrected chi connectivity index (χ0v) is 10.3. The number of ether oxygens (including phenoxy) is 1. The maximum atomic E-state index is 11.0. The van der Waals surface area contributed by atoms with E-state index in [0.717, 1.165) is 19.3 Å². The predicted octanol–water partition coefficient (Wildman–Crippen LogP) is 3.54. The maximum Gasteiger partial charge on any atom is 0.306 e. The van der Waals surface area contributed by atoms with Crippen LogP contribution in [0, 0.1) is 0 Å². The van der Waals surface area contributed by atoms with E-state index in [-0.39, 0.29) is 12.1 Å². The van der Waals surface area contributed by atoms with Gasteiger partial charge in [0, 0.05) is 16.0 Å². The second-order valence-electron chi connectivity index (χ2n) is 4.44. The molecular formula is C14H14O2S. The van der Waals surface area contributed by atoms with Gasteiger partial charge in [-0.1, -0.05) is 18.2 Å². The number of aryl methyl sites for hydroxylation is 1. The lowest BCUT2D eigenvalue weighted by Crippen LogP contribution is -2.07. The molecule has 0 N–H and O–H groups in total. The molecule has 17 heavy (non-hydrogen) atoms. The number of esters is 1. The van der Waals surface area contributed by atoms with E-state index in [2.05, 4.69) is 30.3 Å². The third-order valence-corrected chi connectivity index (χ3v) is 4.33. The number of fused-ring (bicyclic) bond motifs is 1. The van der Waals surface area contributed by atoms with Crippen LogP contribution in [0.5, 0.6) is 0 Å². The van der Waals surface area contributed by atoms with Gasteiger partial charge in [-0.05, 0) is 36.8 Å². The lowest BCUT2D eigenvalue weighted by molar-refractivity contribution is -0.141. The van der Waals surface area contributed by atoms with Gasteiger partial charge in [-0.3, -0.25) is 4.79 Å². The molecule has 0 aliphatic carbocycles. The first-order valence-electron chi connectivity index (χ1n) is 5.98. The Balaban J connectivity index is 1.66. The summed E-state index contributed by atoms with van der Waals surface area (Å²) in [4.78, 5) is 12.4. The van der Waals surface area contributed by atoms with Crippen molar-refractivity contribution in [2.45, 2.75) is 31.8 Å². The molecule has 1 aliphatic heterocycles. The van der Waals surface area contributed by atoms with Gasteiger partial charge in [0.15, 0.2) is 0 Å². The SMILES string of the molecule is O=C1CC[C@H](CCc2cc3ccccc3s2)O1. The molecule has 1 atom stereocenters. The molecule has 2 nitrogen and oxygen atoms in total. The molecule has 1 aliphatic rings. The monoisotopic (exact) mass is 246 g/mol. The number of benzene rings is 1. The van der Waals surface area contributed by atoms with Crippen molar-refractivity contribution in [1.82, 2.24) is 0 Å². The summed E-state index contributed by atoms with van der Waals surface area (Å²) in [6, 6.07) is 10.7. The molecule has 3 rings (SSSR count). The number of thiophene rings is 1. The summed E-state index contributed by atoms with van der Waals surface area (Å²) in [6.07, 6.45) is 3.60. The smallest absolute Gasteiger partial charge is 0.306 e. The van der Waals surface area contributed by atoms with Crippen LogP contribution in [-0.4, -0.2) is 12.1 Å². The number of cyclic esters (lactones) is 1. The van der Waals surface area contributed by atoms with E-state index in [4.69, 9.17) is 4.74 Å². The number of rotatable bonds is 3. The molecule has 1 aromatic carbocycles. The van der Waals surface area contributed by atoms with Gasteiger partial charge in [0.1, 0.15) is 6.10 Å². The molecular weight excluding hydrogens is 232 g/mol. The molecule has 2 aromatic rings.